The van der Waals surface area contributed by atoms with Crippen molar-refractivity contribution in [3.05, 3.63) is 35.4 Å². The minimum atomic E-state index is -2.80. The van der Waals surface area contributed by atoms with Crippen molar-refractivity contribution >= 4 is 30.7 Å². The average molecular weight is 440 g/mol. The van der Waals surface area contributed by atoms with Crippen LogP contribution in [0.4, 0.5) is 8.78 Å². The number of hydrogen-bond acceptors (Lipinski definition) is 4. The minimum absolute atomic E-state index is 0. The summed E-state index contributed by atoms with van der Waals surface area (Å²) >= 11 is 0. The van der Waals surface area contributed by atoms with Crippen molar-refractivity contribution in [2.24, 2.45) is 0 Å². The number of rotatable bonds is 5. The molecule has 2 saturated heterocycles. The normalized spacial score (nSPS) is 26.8. The third-order valence-corrected chi connectivity index (χ3v) is 4.89. The van der Waals surface area contributed by atoms with Crippen molar-refractivity contribution in [2.45, 2.75) is 57.5 Å². The van der Waals surface area contributed by atoms with Gasteiger partial charge >= 0.3 is 0 Å². The third-order valence-electron chi connectivity index (χ3n) is 4.89. The predicted molar refractivity (Wildman–Crippen MR) is 109 cm³/mol. The maximum atomic E-state index is 13.2. The molecule has 2 heterocycles. The lowest BCUT2D eigenvalue weighted by molar-refractivity contribution is -0.123. The van der Waals surface area contributed by atoms with Crippen LogP contribution in [-0.4, -0.2) is 54.6 Å². The topological polar surface area (TPSA) is 53.6 Å². The smallest absolute Gasteiger partial charge is 0.262 e. The SMILES string of the molecule is CC1CN(Cc2ccccc2CNC(=O)C2CC(F)(F)CN2)CC(C)O1.Cl.Cl. The molecule has 1 aromatic carbocycles. The molecule has 9 heteroatoms. The second-order valence-corrected chi connectivity index (χ2v) is 7.43. The van der Waals surface area contributed by atoms with Crippen molar-refractivity contribution in [3.8, 4) is 0 Å². The summed E-state index contributed by atoms with van der Waals surface area (Å²) < 4.78 is 32.3. The average Bonchev–Trinajstić information content (AvgIpc) is 2.93. The maximum Gasteiger partial charge on any atom is 0.262 e. The van der Waals surface area contributed by atoms with Gasteiger partial charge in [0.25, 0.3) is 5.92 Å². The van der Waals surface area contributed by atoms with E-state index in [0.717, 1.165) is 30.8 Å². The Balaban J connectivity index is 0.00000196. The van der Waals surface area contributed by atoms with Gasteiger partial charge in [0.2, 0.25) is 5.91 Å². The Hall–Kier alpha value is -0.990. The van der Waals surface area contributed by atoms with Gasteiger partial charge in [-0.15, -0.1) is 24.8 Å². The first-order valence-corrected chi connectivity index (χ1v) is 9.16. The van der Waals surface area contributed by atoms with Crippen molar-refractivity contribution in [1.29, 1.82) is 0 Å². The van der Waals surface area contributed by atoms with Gasteiger partial charge in [-0.2, -0.15) is 0 Å². The number of morpholine rings is 1. The van der Waals surface area contributed by atoms with E-state index in [0.29, 0.717) is 6.54 Å². The van der Waals surface area contributed by atoms with Crippen LogP contribution in [0.5, 0.6) is 0 Å². The van der Waals surface area contributed by atoms with E-state index >= 15 is 0 Å². The lowest BCUT2D eigenvalue weighted by atomic mass is 10.1. The Morgan fingerprint density at radius 1 is 1.21 bits per heavy atom. The van der Waals surface area contributed by atoms with Gasteiger partial charge in [-0.1, -0.05) is 24.3 Å². The number of nitrogens with one attached hydrogen (secondary N) is 2. The van der Waals surface area contributed by atoms with Gasteiger partial charge in [0.1, 0.15) is 0 Å². The molecule has 1 aromatic rings. The summed E-state index contributed by atoms with van der Waals surface area (Å²) in [6.45, 7) is 6.56. The molecule has 3 unspecified atom stereocenters. The highest BCUT2D eigenvalue weighted by molar-refractivity contribution is 5.85. The number of carbonyl (C=O) groups excluding carboxylic acids is 1. The summed E-state index contributed by atoms with van der Waals surface area (Å²) in [5.74, 6) is -3.17. The number of benzene rings is 1. The maximum absolute atomic E-state index is 13.2. The van der Waals surface area contributed by atoms with Crippen LogP contribution in [0.3, 0.4) is 0 Å². The van der Waals surface area contributed by atoms with Gasteiger partial charge in [-0.3, -0.25) is 15.0 Å². The molecule has 0 spiro atoms. The summed E-state index contributed by atoms with van der Waals surface area (Å²) in [5, 5.41) is 5.38. The highest BCUT2D eigenvalue weighted by atomic mass is 35.5. The largest absolute Gasteiger partial charge is 0.373 e. The summed E-state index contributed by atoms with van der Waals surface area (Å²) in [7, 11) is 0. The summed E-state index contributed by atoms with van der Waals surface area (Å²) in [4.78, 5) is 14.5. The van der Waals surface area contributed by atoms with Crippen molar-refractivity contribution in [3.63, 3.8) is 0 Å². The van der Waals surface area contributed by atoms with Crippen LogP contribution in [0.1, 0.15) is 31.4 Å². The first kappa shape index (κ1) is 25.0. The molecule has 5 nitrogen and oxygen atoms in total. The molecule has 28 heavy (non-hydrogen) atoms. The third kappa shape index (κ3) is 6.81. The van der Waals surface area contributed by atoms with E-state index in [1.165, 1.54) is 0 Å². The van der Waals surface area contributed by atoms with Crippen LogP contribution in [0.2, 0.25) is 0 Å². The van der Waals surface area contributed by atoms with Gasteiger partial charge < -0.3 is 10.1 Å². The van der Waals surface area contributed by atoms with Crippen LogP contribution >= 0.6 is 24.8 Å². The van der Waals surface area contributed by atoms with Crippen molar-refractivity contribution < 1.29 is 18.3 Å². The highest BCUT2D eigenvalue weighted by Gasteiger charge is 2.42. The molecule has 2 aliphatic heterocycles. The second-order valence-electron chi connectivity index (χ2n) is 7.43. The monoisotopic (exact) mass is 439 g/mol. The van der Waals surface area contributed by atoms with Crippen molar-refractivity contribution in [2.75, 3.05) is 19.6 Å². The van der Waals surface area contributed by atoms with Crippen molar-refractivity contribution in [1.82, 2.24) is 15.5 Å². The molecule has 0 aliphatic carbocycles. The molecule has 0 radical (unpaired) electrons. The summed E-state index contributed by atoms with van der Waals surface area (Å²) in [6, 6.07) is 7.11. The number of alkyl halides is 2. The Labute approximate surface area is 177 Å². The van der Waals surface area contributed by atoms with Gasteiger partial charge in [0, 0.05) is 32.6 Å². The Kier molecular flexibility index (Phi) is 9.56. The molecule has 3 atom stereocenters. The van der Waals surface area contributed by atoms with E-state index in [2.05, 4.69) is 29.4 Å². The van der Waals surface area contributed by atoms with Gasteiger partial charge in [0.05, 0.1) is 24.8 Å². The molecular weight excluding hydrogens is 411 g/mol. The van der Waals surface area contributed by atoms with Crippen LogP contribution in [0.15, 0.2) is 24.3 Å². The molecule has 2 N–H and O–H groups in total. The fraction of sp³-hybridized carbons (Fsp3) is 0.632. The van der Waals surface area contributed by atoms with Crippen LogP contribution < -0.4 is 10.6 Å². The number of ether oxygens (including phenoxy) is 1. The van der Waals surface area contributed by atoms with Crippen LogP contribution in [0, 0.1) is 0 Å². The first-order valence-electron chi connectivity index (χ1n) is 9.16. The zero-order valence-corrected chi connectivity index (χ0v) is 17.8. The Morgan fingerprint density at radius 2 is 1.82 bits per heavy atom. The minimum Gasteiger partial charge on any atom is -0.373 e. The van der Waals surface area contributed by atoms with E-state index in [4.69, 9.17) is 4.74 Å². The van der Waals surface area contributed by atoms with Gasteiger partial charge in [0.15, 0.2) is 0 Å². The molecule has 2 aliphatic rings. The first-order chi connectivity index (χ1) is 12.3. The lowest BCUT2D eigenvalue weighted by Crippen LogP contribution is -2.45. The van der Waals surface area contributed by atoms with E-state index in [-0.39, 0.29) is 42.9 Å². The Morgan fingerprint density at radius 3 is 2.39 bits per heavy atom. The van der Waals surface area contributed by atoms with Crippen LogP contribution in [0.25, 0.3) is 0 Å². The fourth-order valence-corrected chi connectivity index (χ4v) is 3.75. The molecule has 0 saturated carbocycles. The molecule has 3 rings (SSSR count). The van der Waals surface area contributed by atoms with E-state index in [9.17, 15) is 13.6 Å². The second kappa shape index (κ2) is 10.7. The molecule has 0 aromatic heterocycles. The standard InChI is InChI=1S/C19H27F2N3O2.2ClH/c1-13-9-24(10-14(2)26-13)11-16-6-4-3-5-15(16)8-22-18(25)17-7-19(20,21)12-23-17;;/h3-6,13-14,17,23H,7-12H2,1-2H3,(H,22,25);2*1H. The summed E-state index contributed by atoms with van der Waals surface area (Å²) in [5.41, 5.74) is 2.15. The summed E-state index contributed by atoms with van der Waals surface area (Å²) in [6.07, 6.45) is -0.0502. The predicted octanol–water partition coefficient (Wildman–Crippen LogP) is 2.75. The number of carbonyl (C=O) groups is 1. The van der Waals surface area contributed by atoms with E-state index in [1.54, 1.807) is 0 Å². The number of halogens is 4. The molecular formula is C19H29Cl2F2N3O2. The Bertz CT molecular complexity index is 641. The fourth-order valence-electron chi connectivity index (χ4n) is 3.75. The molecule has 1 amide bonds. The zero-order valence-electron chi connectivity index (χ0n) is 16.1. The lowest BCUT2D eigenvalue weighted by Gasteiger charge is -2.35. The molecule has 2 fully saturated rings. The van der Waals surface area contributed by atoms with E-state index < -0.39 is 24.9 Å². The molecule has 0 bridgehead atoms. The number of nitrogens with zero attached hydrogens (tertiary/aromatic N) is 1. The highest BCUT2D eigenvalue weighted by Crippen LogP contribution is 2.25. The van der Waals surface area contributed by atoms with Gasteiger partial charge in [-0.05, 0) is 25.0 Å². The molecule has 160 valence electrons. The van der Waals surface area contributed by atoms with E-state index in [1.807, 2.05) is 24.3 Å². The quantitative estimate of drug-likeness (QED) is 0.740. The van der Waals surface area contributed by atoms with Crippen LogP contribution in [-0.2, 0) is 22.6 Å². The van der Waals surface area contributed by atoms with Gasteiger partial charge in [-0.25, -0.2) is 8.78 Å². The number of hydrogen-bond donors (Lipinski definition) is 2. The number of amides is 1. The zero-order chi connectivity index (χ0) is 18.7.